The SMILES string of the molecule is CCCc1nnsc1C(NC)c1csc(C)c1. The van der Waals surface area contributed by atoms with Crippen LogP contribution in [0.4, 0.5) is 0 Å². The molecule has 1 atom stereocenters. The van der Waals surface area contributed by atoms with Gasteiger partial charge in [0.25, 0.3) is 0 Å². The number of nitrogens with zero attached hydrogens (tertiary/aromatic N) is 2. The van der Waals surface area contributed by atoms with Crippen LogP contribution in [0.1, 0.15) is 40.4 Å². The topological polar surface area (TPSA) is 37.8 Å². The molecule has 0 bridgehead atoms. The normalized spacial score (nSPS) is 12.9. The Hall–Kier alpha value is -0.780. The predicted octanol–water partition coefficient (Wildman–Crippen LogP) is 3.17. The number of rotatable bonds is 5. The summed E-state index contributed by atoms with van der Waals surface area (Å²) in [6.07, 6.45) is 2.12. The molecule has 5 heteroatoms. The highest BCUT2D eigenvalue weighted by Crippen LogP contribution is 2.30. The fourth-order valence-electron chi connectivity index (χ4n) is 1.91. The molecule has 2 aromatic heterocycles. The number of hydrogen-bond acceptors (Lipinski definition) is 5. The molecule has 0 aliphatic heterocycles. The van der Waals surface area contributed by atoms with Crippen molar-refractivity contribution in [1.29, 1.82) is 0 Å². The van der Waals surface area contributed by atoms with Gasteiger partial charge in [0.05, 0.1) is 16.6 Å². The van der Waals surface area contributed by atoms with E-state index in [-0.39, 0.29) is 6.04 Å². The van der Waals surface area contributed by atoms with Crippen LogP contribution in [-0.4, -0.2) is 16.6 Å². The lowest BCUT2D eigenvalue weighted by molar-refractivity contribution is 0.690. The zero-order valence-electron chi connectivity index (χ0n) is 10.4. The molecular weight excluding hydrogens is 250 g/mol. The van der Waals surface area contributed by atoms with Gasteiger partial charge in [-0.2, -0.15) is 0 Å². The second-order valence-corrected chi connectivity index (χ2v) is 5.95. The first-order valence-electron chi connectivity index (χ1n) is 5.79. The van der Waals surface area contributed by atoms with Gasteiger partial charge in [-0.15, -0.1) is 16.4 Å². The van der Waals surface area contributed by atoms with E-state index < -0.39 is 0 Å². The molecule has 0 aromatic carbocycles. The van der Waals surface area contributed by atoms with Gasteiger partial charge in [-0.1, -0.05) is 17.8 Å². The number of nitrogens with one attached hydrogen (secondary N) is 1. The maximum Gasteiger partial charge on any atom is 0.0807 e. The zero-order chi connectivity index (χ0) is 12.3. The molecular formula is C12H17N3S2. The molecule has 2 heterocycles. The average molecular weight is 267 g/mol. The summed E-state index contributed by atoms with van der Waals surface area (Å²) in [4.78, 5) is 2.60. The lowest BCUT2D eigenvalue weighted by Crippen LogP contribution is -2.17. The Kier molecular flexibility index (Phi) is 4.25. The quantitative estimate of drug-likeness (QED) is 0.904. The highest BCUT2D eigenvalue weighted by molar-refractivity contribution is 7.10. The molecule has 0 fully saturated rings. The summed E-state index contributed by atoms with van der Waals surface area (Å²) in [6, 6.07) is 2.47. The molecule has 0 spiro atoms. The van der Waals surface area contributed by atoms with E-state index in [4.69, 9.17) is 0 Å². The largest absolute Gasteiger partial charge is 0.309 e. The lowest BCUT2D eigenvalue weighted by Gasteiger charge is -2.13. The second-order valence-electron chi connectivity index (χ2n) is 4.05. The van der Waals surface area contributed by atoms with Gasteiger partial charge in [-0.05, 0) is 48.9 Å². The summed E-state index contributed by atoms with van der Waals surface area (Å²) in [5, 5.41) is 9.82. The molecule has 17 heavy (non-hydrogen) atoms. The molecule has 0 aliphatic carbocycles. The first kappa shape index (κ1) is 12.7. The molecule has 2 rings (SSSR count). The maximum absolute atomic E-state index is 4.24. The number of thiophene rings is 1. The van der Waals surface area contributed by atoms with Crippen LogP contribution in [0.5, 0.6) is 0 Å². The molecule has 1 N–H and O–H groups in total. The van der Waals surface area contributed by atoms with Crippen LogP contribution in [0.3, 0.4) is 0 Å². The summed E-state index contributed by atoms with van der Waals surface area (Å²) in [5.41, 5.74) is 2.46. The third kappa shape index (κ3) is 2.73. The summed E-state index contributed by atoms with van der Waals surface area (Å²) in [5.74, 6) is 0. The van der Waals surface area contributed by atoms with Gasteiger partial charge in [0, 0.05) is 4.88 Å². The number of hydrogen-bond donors (Lipinski definition) is 1. The van der Waals surface area contributed by atoms with Crippen molar-refractivity contribution in [3.05, 3.63) is 32.5 Å². The van der Waals surface area contributed by atoms with Crippen LogP contribution in [0.25, 0.3) is 0 Å². The average Bonchev–Trinajstić information content (AvgIpc) is 2.91. The van der Waals surface area contributed by atoms with Gasteiger partial charge >= 0.3 is 0 Å². The van der Waals surface area contributed by atoms with E-state index >= 15 is 0 Å². The van der Waals surface area contributed by atoms with Crippen molar-refractivity contribution in [2.24, 2.45) is 0 Å². The third-order valence-electron chi connectivity index (χ3n) is 2.71. The van der Waals surface area contributed by atoms with Gasteiger partial charge in [-0.3, -0.25) is 0 Å². The first-order valence-corrected chi connectivity index (χ1v) is 7.45. The second kappa shape index (κ2) is 5.71. The van der Waals surface area contributed by atoms with Crippen molar-refractivity contribution < 1.29 is 0 Å². The smallest absolute Gasteiger partial charge is 0.0807 e. The van der Waals surface area contributed by atoms with E-state index in [1.165, 1.54) is 26.9 Å². The van der Waals surface area contributed by atoms with E-state index in [0.717, 1.165) is 18.5 Å². The Balaban J connectivity index is 2.31. The molecule has 1 unspecified atom stereocenters. The summed E-state index contributed by atoms with van der Waals surface area (Å²) >= 11 is 3.30. The molecule has 0 saturated heterocycles. The van der Waals surface area contributed by atoms with Crippen molar-refractivity contribution >= 4 is 22.9 Å². The van der Waals surface area contributed by atoms with Gasteiger partial charge in [-0.25, -0.2) is 0 Å². The standard InChI is InChI=1S/C12H17N3S2/c1-4-5-10-12(17-15-14-10)11(13-3)9-6-8(2)16-7-9/h6-7,11,13H,4-5H2,1-3H3. The van der Waals surface area contributed by atoms with Crippen LogP contribution >= 0.6 is 22.9 Å². The van der Waals surface area contributed by atoms with Gasteiger partial charge in [0.15, 0.2) is 0 Å². The predicted molar refractivity (Wildman–Crippen MR) is 73.9 cm³/mol. The van der Waals surface area contributed by atoms with Crippen LogP contribution in [0.15, 0.2) is 11.4 Å². The van der Waals surface area contributed by atoms with Crippen molar-refractivity contribution in [3.8, 4) is 0 Å². The summed E-state index contributed by atoms with van der Waals surface area (Å²) < 4.78 is 4.10. The summed E-state index contributed by atoms with van der Waals surface area (Å²) in [7, 11) is 1.99. The van der Waals surface area contributed by atoms with Crippen LogP contribution < -0.4 is 5.32 Å². The Morgan fingerprint density at radius 2 is 2.29 bits per heavy atom. The van der Waals surface area contributed by atoms with Gasteiger partial charge in [0.2, 0.25) is 0 Å². The van der Waals surface area contributed by atoms with E-state index in [1.54, 1.807) is 11.3 Å². The molecule has 0 amide bonds. The van der Waals surface area contributed by atoms with Crippen LogP contribution in [0, 0.1) is 6.92 Å². The molecule has 2 aromatic rings. The minimum absolute atomic E-state index is 0.237. The Morgan fingerprint density at radius 1 is 1.47 bits per heavy atom. The fraction of sp³-hybridized carbons (Fsp3) is 0.500. The van der Waals surface area contributed by atoms with Crippen molar-refractivity contribution in [3.63, 3.8) is 0 Å². The van der Waals surface area contributed by atoms with Crippen molar-refractivity contribution in [2.75, 3.05) is 7.05 Å². The van der Waals surface area contributed by atoms with Crippen LogP contribution in [-0.2, 0) is 6.42 Å². The monoisotopic (exact) mass is 267 g/mol. The van der Waals surface area contributed by atoms with Crippen LogP contribution in [0.2, 0.25) is 0 Å². The van der Waals surface area contributed by atoms with Crippen molar-refractivity contribution in [2.45, 2.75) is 32.7 Å². The number of aromatic nitrogens is 2. The minimum atomic E-state index is 0.237. The number of aryl methyl sites for hydroxylation is 2. The van der Waals surface area contributed by atoms with Gasteiger partial charge < -0.3 is 5.32 Å². The highest BCUT2D eigenvalue weighted by atomic mass is 32.1. The van der Waals surface area contributed by atoms with E-state index in [0.29, 0.717) is 0 Å². The summed E-state index contributed by atoms with van der Waals surface area (Å²) in [6.45, 7) is 4.31. The van der Waals surface area contributed by atoms with E-state index in [9.17, 15) is 0 Å². The molecule has 92 valence electrons. The van der Waals surface area contributed by atoms with Gasteiger partial charge in [0.1, 0.15) is 0 Å². The van der Waals surface area contributed by atoms with Crippen molar-refractivity contribution in [1.82, 2.24) is 14.9 Å². The molecule has 0 radical (unpaired) electrons. The molecule has 3 nitrogen and oxygen atoms in total. The van der Waals surface area contributed by atoms with E-state index in [2.05, 4.69) is 40.2 Å². The van der Waals surface area contributed by atoms with E-state index in [1.807, 2.05) is 7.05 Å². The zero-order valence-corrected chi connectivity index (χ0v) is 12.0. The lowest BCUT2D eigenvalue weighted by atomic mass is 10.1. The fourth-order valence-corrected chi connectivity index (χ4v) is 3.47. The Labute approximate surface area is 110 Å². The third-order valence-corrected chi connectivity index (χ3v) is 4.42. The Bertz CT molecular complexity index is 476. The minimum Gasteiger partial charge on any atom is -0.309 e. The first-order chi connectivity index (χ1) is 8.26. The molecule has 0 saturated carbocycles. The maximum atomic E-state index is 4.24. The molecule has 0 aliphatic rings. The Morgan fingerprint density at radius 3 is 2.88 bits per heavy atom. The highest BCUT2D eigenvalue weighted by Gasteiger charge is 2.19.